The number of rotatable bonds is 4. The van der Waals surface area contributed by atoms with E-state index < -0.39 is 0 Å². The molecule has 0 saturated carbocycles. The average Bonchev–Trinajstić information content (AvgIpc) is 3.05. The first-order chi connectivity index (χ1) is 11.8. The van der Waals surface area contributed by atoms with Gasteiger partial charge in [0.25, 0.3) is 0 Å². The fourth-order valence-electron chi connectivity index (χ4n) is 2.82. The minimum absolute atomic E-state index is 0.261. The zero-order valence-electron chi connectivity index (χ0n) is 12.9. The first kappa shape index (κ1) is 14.6. The molecule has 0 bridgehead atoms. The summed E-state index contributed by atoms with van der Waals surface area (Å²) in [5.41, 5.74) is 2.71. The molecule has 4 rings (SSSR count). The average molecular weight is 322 g/mol. The van der Waals surface area contributed by atoms with Gasteiger partial charge in [0.2, 0.25) is 5.88 Å². The summed E-state index contributed by atoms with van der Waals surface area (Å²) in [5.74, 6) is 1.09. The van der Waals surface area contributed by atoms with Crippen molar-refractivity contribution >= 4 is 11.5 Å². The van der Waals surface area contributed by atoms with E-state index in [1.54, 1.807) is 18.5 Å². The van der Waals surface area contributed by atoms with Crippen molar-refractivity contribution < 1.29 is 9.13 Å². The van der Waals surface area contributed by atoms with Gasteiger partial charge >= 0.3 is 0 Å². The molecule has 0 radical (unpaired) electrons. The molecule has 0 saturated heterocycles. The van der Waals surface area contributed by atoms with E-state index in [-0.39, 0.29) is 5.82 Å². The van der Waals surface area contributed by atoms with Gasteiger partial charge in [-0.3, -0.25) is 4.98 Å². The Hall–Kier alpha value is -3.02. The molecule has 0 unspecified atom stereocenters. The van der Waals surface area contributed by atoms with Crippen molar-refractivity contribution in [2.45, 2.75) is 13.0 Å². The maximum absolute atomic E-state index is 13.5. The van der Waals surface area contributed by atoms with Gasteiger partial charge in [-0.2, -0.15) is 0 Å². The van der Waals surface area contributed by atoms with Crippen LogP contribution in [0.3, 0.4) is 0 Å². The minimum atomic E-state index is -0.261. The second-order valence-electron chi connectivity index (χ2n) is 5.51. The smallest absolute Gasteiger partial charge is 0.222 e. The first-order valence-corrected chi connectivity index (χ1v) is 7.70. The van der Waals surface area contributed by atoms with Crippen LogP contribution in [0.25, 0.3) is 0 Å². The summed E-state index contributed by atoms with van der Waals surface area (Å²) in [4.78, 5) is 14.7. The molecule has 2 aromatic heterocycles. The molecule has 3 aromatic rings. The first-order valence-electron chi connectivity index (χ1n) is 7.70. The van der Waals surface area contributed by atoms with Crippen LogP contribution in [0.2, 0.25) is 0 Å². The third-order valence-electron chi connectivity index (χ3n) is 3.94. The van der Waals surface area contributed by atoms with E-state index in [1.807, 2.05) is 23.1 Å². The molecule has 0 aliphatic carbocycles. The summed E-state index contributed by atoms with van der Waals surface area (Å²) >= 11 is 0. The predicted molar refractivity (Wildman–Crippen MR) is 87.7 cm³/mol. The van der Waals surface area contributed by atoms with Gasteiger partial charge < -0.3 is 9.64 Å². The normalized spacial score (nSPS) is 13.0. The monoisotopic (exact) mass is 322 g/mol. The molecule has 0 fully saturated rings. The van der Waals surface area contributed by atoms with Gasteiger partial charge in [0.05, 0.1) is 5.56 Å². The Morgan fingerprint density at radius 1 is 1.17 bits per heavy atom. The Morgan fingerprint density at radius 3 is 2.96 bits per heavy atom. The molecule has 6 heteroatoms. The summed E-state index contributed by atoms with van der Waals surface area (Å²) in [6.45, 7) is 1.12. The number of fused-ring (bicyclic) bond motifs is 1. The third kappa shape index (κ3) is 2.78. The van der Waals surface area contributed by atoms with Crippen LogP contribution in [0.5, 0.6) is 5.88 Å². The summed E-state index contributed by atoms with van der Waals surface area (Å²) in [6, 6.07) is 10.3. The molecule has 0 spiro atoms. The zero-order chi connectivity index (χ0) is 16.4. The number of anilines is 2. The highest BCUT2D eigenvalue weighted by atomic mass is 19.1. The maximum atomic E-state index is 13.5. The van der Waals surface area contributed by atoms with E-state index in [0.717, 1.165) is 35.6 Å². The largest absolute Gasteiger partial charge is 0.472 e. The fourth-order valence-corrected chi connectivity index (χ4v) is 2.82. The lowest BCUT2D eigenvalue weighted by molar-refractivity contribution is 0.290. The van der Waals surface area contributed by atoms with E-state index in [4.69, 9.17) is 4.74 Å². The van der Waals surface area contributed by atoms with Crippen molar-refractivity contribution in [2.75, 3.05) is 11.4 Å². The van der Waals surface area contributed by atoms with Gasteiger partial charge in [0.1, 0.15) is 24.6 Å². The van der Waals surface area contributed by atoms with Crippen molar-refractivity contribution in [3.05, 3.63) is 72.1 Å². The summed E-state index contributed by atoms with van der Waals surface area (Å²) in [5, 5.41) is 0. The molecule has 120 valence electrons. The molecular weight excluding hydrogens is 307 g/mol. The zero-order valence-corrected chi connectivity index (χ0v) is 12.9. The van der Waals surface area contributed by atoms with Crippen LogP contribution in [0, 0.1) is 5.82 Å². The molecule has 0 atom stereocenters. The highest BCUT2D eigenvalue weighted by molar-refractivity contribution is 5.67. The molecule has 24 heavy (non-hydrogen) atoms. The Balaban J connectivity index is 1.59. The highest BCUT2D eigenvalue weighted by Gasteiger charge is 2.26. The third-order valence-corrected chi connectivity index (χ3v) is 3.94. The Morgan fingerprint density at radius 2 is 2.12 bits per heavy atom. The molecule has 3 heterocycles. The van der Waals surface area contributed by atoms with Crippen LogP contribution in [0.4, 0.5) is 15.9 Å². The van der Waals surface area contributed by atoms with Crippen LogP contribution in [0.15, 0.2) is 55.1 Å². The van der Waals surface area contributed by atoms with Gasteiger partial charge in [-0.1, -0.05) is 12.1 Å². The quantitative estimate of drug-likeness (QED) is 0.738. The van der Waals surface area contributed by atoms with Crippen molar-refractivity contribution in [2.24, 2.45) is 0 Å². The maximum Gasteiger partial charge on any atom is 0.222 e. The lowest BCUT2D eigenvalue weighted by Gasteiger charge is -2.18. The summed E-state index contributed by atoms with van der Waals surface area (Å²) in [6.07, 6.45) is 5.73. The fraction of sp³-hybridized carbons (Fsp3) is 0.167. The second-order valence-corrected chi connectivity index (χ2v) is 5.51. The van der Waals surface area contributed by atoms with E-state index in [2.05, 4.69) is 15.0 Å². The van der Waals surface area contributed by atoms with Gasteiger partial charge in [-0.15, -0.1) is 0 Å². The number of nitrogens with zero attached hydrogens (tertiary/aromatic N) is 4. The lowest BCUT2D eigenvalue weighted by Crippen LogP contribution is -2.14. The number of halogens is 1. The SMILES string of the molecule is Fc1cccc(N2CCc3c(OCc4cccnc4)ncnc32)c1. The number of ether oxygens (including phenoxy) is 1. The minimum Gasteiger partial charge on any atom is -0.472 e. The van der Waals surface area contributed by atoms with Crippen molar-refractivity contribution in [3.8, 4) is 5.88 Å². The van der Waals surface area contributed by atoms with E-state index >= 15 is 0 Å². The van der Waals surface area contributed by atoms with E-state index in [9.17, 15) is 4.39 Å². The molecule has 1 aromatic carbocycles. The number of hydrogen-bond acceptors (Lipinski definition) is 5. The summed E-state index contributed by atoms with van der Waals surface area (Å²) < 4.78 is 19.3. The van der Waals surface area contributed by atoms with E-state index in [0.29, 0.717) is 12.5 Å². The van der Waals surface area contributed by atoms with Gasteiger partial charge in [0.15, 0.2) is 0 Å². The number of pyridine rings is 1. The van der Waals surface area contributed by atoms with Crippen LogP contribution < -0.4 is 9.64 Å². The second kappa shape index (κ2) is 6.23. The van der Waals surface area contributed by atoms with E-state index in [1.165, 1.54) is 18.5 Å². The number of hydrogen-bond donors (Lipinski definition) is 0. The molecule has 1 aliphatic heterocycles. The van der Waals surface area contributed by atoms with Crippen molar-refractivity contribution in [3.63, 3.8) is 0 Å². The Labute approximate surface area is 138 Å². The molecule has 0 amide bonds. The Kier molecular flexibility index (Phi) is 3.78. The molecular formula is C18H15FN4O. The topological polar surface area (TPSA) is 51.1 Å². The van der Waals surface area contributed by atoms with Crippen LogP contribution >= 0.6 is 0 Å². The predicted octanol–water partition coefficient (Wildman–Crippen LogP) is 3.28. The Bertz CT molecular complexity index is 857. The molecule has 0 N–H and O–H groups in total. The molecule has 5 nitrogen and oxygen atoms in total. The van der Waals surface area contributed by atoms with Crippen molar-refractivity contribution in [1.82, 2.24) is 15.0 Å². The number of benzene rings is 1. The van der Waals surface area contributed by atoms with Crippen LogP contribution in [0.1, 0.15) is 11.1 Å². The number of aromatic nitrogens is 3. The molecule has 1 aliphatic rings. The van der Waals surface area contributed by atoms with Gasteiger partial charge in [-0.05, 0) is 30.7 Å². The summed E-state index contributed by atoms with van der Waals surface area (Å²) in [7, 11) is 0. The lowest BCUT2D eigenvalue weighted by atomic mass is 10.2. The van der Waals surface area contributed by atoms with Crippen molar-refractivity contribution in [1.29, 1.82) is 0 Å². The standard InChI is InChI=1S/C18H15FN4O/c19-14-4-1-5-15(9-14)23-8-6-16-17(23)21-12-22-18(16)24-11-13-3-2-7-20-10-13/h1-5,7,9-10,12H,6,8,11H2. The van der Waals surface area contributed by atoms with Gasteiger partial charge in [0, 0.05) is 30.2 Å². The van der Waals surface area contributed by atoms with Crippen LogP contribution in [-0.4, -0.2) is 21.5 Å². The van der Waals surface area contributed by atoms with Crippen LogP contribution in [-0.2, 0) is 13.0 Å². The van der Waals surface area contributed by atoms with Gasteiger partial charge in [-0.25, -0.2) is 14.4 Å². The highest BCUT2D eigenvalue weighted by Crippen LogP contribution is 2.36.